The predicted octanol–water partition coefficient (Wildman–Crippen LogP) is 4.30. The van der Waals surface area contributed by atoms with Crippen LogP contribution in [0.15, 0.2) is 54.6 Å². The number of pyridine rings is 1. The van der Waals surface area contributed by atoms with Gasteiger partial charge in [-0.05, 0) is 48.9 Å². The minimum Gasteiger partial charge on any atom is -0.369 e. The smallest absolute Gasteiger partial charge is 0.220 e. The molecule has 1 saturated heterocycles. The molecule has 2 N–H and O–H groups in total. The molecule has 0 unspecified atom stereocenters. The van der Waals surface area contributed by atoms with E-state index in [-0.39, 0.29) is 19.3 Å². The topological polar surface area (TPSA) is 90.7 Å². The lowest BCUT2D eigenvalue weighted by Crippen LogP contribution is -2.41. The second-order valence-corrected chi connectivity index (χ2v) is 9.95. The van der Waals surface area contributed by atoms with Crippen LogP contribution in [0, 0.1) is 17.2 Å². The van der Waals surface area contributed by atoms with Gasteiger partial charge in [0.05, 0.1) is 16.6 Å². The molecule has 2 aliphatic rings. The molecule has 4 heterocycles. The highest BCUT2D eigenvalue weighted by Crippen LogP contribution is 2.38. The van der Waals surface area contributed by atoms with Gasteiger partial charge in [0.1, 0.15) is 11.9 Å². The highest BCUT2D eigenvalue weighted by atomic mass is 16.1. The van der Waals surface area contributed by atoms with Crippen molar-refractivity contribution in [1.82, 2.24) is 14.3 Å². The molecule has 190 valence electrons. The summed E-state index contributed by atoms with van der Waals surface area (Å²) in [6, 6.07) is 21.2. The molecule has 2 aliphatic heterocycles. The third-order valence-corrected chi connectivity index (χ3v) is 7.86. The Morgan fingerprint density at radius 2 is 1.76 bits per heavy atom. The highest BCUT2D eigenvalue weighted by molar-refractivity contribution is 5.86. The van der Waals surface area contributed by atoms with E-state index >= 15 is 0 Å². The standard InChI is InChI=1S/C29H30N6O.CH4/c30-18-23-22-13-15-33(14-10-20-6-2-1-3-7-20)19-24(22)29(34-16-11-21(12-17-34)27(31)36)35-26-9-5-4-8-25(26)32-28(23)35;/h1-9,21H,10-17,19H2,(H2,31,36);1H4. The summed E-state index contributed by atoms with van der Waals surface area (Å²) in [5, 5.41) is 10.2. The molecule has 37 heavy (non-hydrogen) atoms. The highest BCUT2D eigenvalue weighted by Gasteiger charge is 2.32. The number of anilines is 1. The molecule has 0 radical (unpaired) electrons. The molecule has 0 bridgehead atoms. The third-order valence-electron chi connectivity index (χ3n) is 7.86. The molecule has 1 fully saturated rings. The number of nitriles is 1. The fraction of sp³-hybridized carbons (Fsp3) is 0.367. The first-order valence-corrected chi connectivity index (χ1v) is 12.8. The van der Waals surface area contributed by atoms with E-state index in [1.165, 1.54) is 11.1 Å². The summed E-state index contributed by atoms with van der Waals surface area (Å²) in [4.78, 5) is 21.6. The zero-order valence-electron chi connectivity index (χ0n) is 20.4. The van der Waals surface area contributed by atoms with Crippen molar-refractivity contribution in [3.63, 3.8) is 0 Å². The number of hydrogen-bond acceptors (Lipinski definition) is 5. The third kappa shape index (κ3) is 4.42. The Hall–Kier alpha value is -3.89. The monoisotopic (exact) mass is 494 g/mol. The largest absolute Gasteiger partial charge is 0.369 e. The predicted molar refractivity (Wildman–Crippen MR) is 147 cm³/mol. The van der Waals surface area contributed by atoms with Gasteiger partial charge in [-0.3, -0.25) is 14.1 Å². The number of nitrogens with zero attached hydrogens (tertiary/aromatic N) is 5. The Kier molecular flexibility index (Phi) is 6.86. The van der Waals surface area contributed by atoms with Crippen molar-refractivity contribution in [2.24, 2.45) is 11.7 Å². The number of aromatic nitrogens is 2. The van der Waals surface area contributed by atoms with Crippen LogP contribution in [0.1, 0.15) is 42.5 Å². The summed E-state index contributed by atoms with van der Waals surface area (Å²) >= 11 is 0. The van der Waals surface area contributed by atoms with E-state index in [0.717, 1.165) is 86.5 Å². The van der Waals surface area contributed by atoms with E-state index in [0.29, 0.717) is 5.56 Å². The fourth-order valence-corrected chi connectivity index (χ4v) is 5.93. The second-order valence-electron chi connectivity index (χ2n) is 9.95. The van der Waals surface area contributed by atoms with Crippen LogP contribution in [0.3, 0.4) is 0 Å². The van der Waals surface area contributed by atoms with Crippen molar-refractivity contribution in [3.05, 3.63) is 76.9 Å². The Morgan fingerprint density at radius 3 is 2.49 bits per heavy atom. The number of rotatable bonds is 5. The minimum atomic E-state index is -0.207. The molecule has 1 amide bonds. The van der Waals surface area contributed by atoms with Gasteiger partial charge in [0.15, 0.2) is 5.65 Å². The van der Waals surface area contributed by atoms with Crippen molar-refractivity contribution in [3.8, 4) is 6.07 Å². The first kappa shape index (κ1) is 24.8. The van der Waals surface area contributed by atoms with Crippen molar-refractivity contribution in [2.45, 2.75) is 39.7 Å². The minimum absolute atomic E-state index is 0. The molecule has 0 saturated carbocycles. The number of imidazole rings is 1. The van der Waals surface area contributed by atoms with Crippen LogP contribution in [0.25, 0.3) is 16.7 Å². The van der Waals surface area contributed by atoms with E-state index in [4.69, 9.17) is 10.7 Å². The first-order chi connectivity index (χ1) is 17.6. The summed E-state index contributed by atoms with van der Waals surface area (Å²) in [6.07, 6.45) is 3.32. The summed E-state index contributed by atoms with van der Waals surface area (Å²) in [6.45, 7) is 4.21. The molecule has 4 aromatic rings. The van der Waals surface area contributed by atoms with Gasteiger partial charge < -0.3 is 10.6 Å². The van der Waals surface area contributed by atoms with Gasteiger partial charge >= 0.3 is 0 Å². The van der Waals surface area contributed by atoms with Crippen LogP contribution >= 0.6 is 0 Å². The lowest BCUT2D eigenvalue weighted by molar-refractivity contribution is -0.122. The van der Waals surface area contributed by atoms with Gasteiger partial charge in [0.25, 0.3) is 0 Å². The molecule has 7 heteroatoms. The van der Waals surface area contributed by atoms with Crippen LogP contribution in [-0.4, -0.2) is 46.4 Å². The molecule has 7 nitrogen and oxygen atoms in total. The van der Waals surface area contributed by atoms with Gasteiger partial charge in [-0.2, -0.15) is 5.26 Å². The maximum atomic E-state index is 11.8. The molecule has 0 atom stereocenters. The number of benzene rings is 2. The fourth-order valence-electron chi connectivity index (χ4n) is 5.93. The Morgan fingerprint density at radius 1 is 1.03 bits per heavy atom. The van der Waals surface area contributed by atoms with E-state index in [1.54, 1.807) is 0 Å². The average Bonchev–Trinajstić information content (AvgIpc) is 3.30. The quantitative estimate of drug-likeness (QED) is 0.447. The van der Waals surface area contributed by atoms with Gasteiger partial charge in [0.2, 0.25) is 5.91 Å². The maximum absolute atomic E-state index is 11.8. The van der Waals surface area contributed by atoms with E-state index in [2.05, 4.69) is 56.7 Å². The molecular weight excluding hydrogens is 460 g/mol. The normalized spacial score (nSPS) is 16.4. The average molecular weight is 495 g/mol. The summed E-state index contributed by atoms with van der Waals surface area (Å²) in [5.41, 5.74) is 12.7. The molecule has 6 rings (SSSR count). The summed E-state index contributed by atoms with van der Waals surface area (Å²) < 4.78 is 2.19. The van der Waals surface area contributed by atoms with Crippen LogP contribution < -0.4 is 10.6 Å². The molecule has 0 aliphatic carbocycles. The number of carbonyl (C=O) groups excluding carboxylic acids is 1. The number of hydrogen-bond donors (Lipinski definition) is 1. The summed E-state index contributed by atoms with van der Waals surface area (Å²) in [5.74, 6) is 0.842. The number of piperidine rings is 1. The van der Waals surface area contributed by atoms with E-state index < -0.39 is 0 Å². The lowest BCUT2D eigenvalue weighted by Gasteiger charge is -2.38. The van der Waals surface area contributed by atoms with Gasteiger partial charge in [-0.15, -0.1) is 0 Å². The first-order valence-electron chi connectivity index (χ1n) is 12.8. The molecule has 0 spiro atoms. The number of carbonyl (C=O) groups is 1. The maximum Gasteiger partial charge on any atom is 0.220 e. The van der Waals surface area contributed by atoms with Crippen LogP contribution in [0.4, 0.5) is 5.82 Å². The number of para-hydroxylation sites is 2. The molecule has 2 aromatic heterocycles. The van der Waals surface area contributed by atoms with Crippen molar-refractivity contribution in [2.75, 3.05) is 31.1 Å². The van der Waals surface area contributed by atoms with Crippen molar-refractivity contribution in [1.29, 1.82) is 5.26 Å². The number of amides is 1. The van der Waals surface area contributed by atoms with Crippen molar-refractivity contribution < 1.29 is 4.79 Å². The molecular formula is C30H34N6O. The Balaban J connectivity index is 0.00000280. The number of primary amides is 1. The Labute approximate surface area is 218 Å². The lowest BCUT2D eigenvalue weighted by atomic mass is 9.92. The van der Waals surface area contributed by atoms with Gasteiger partial charge in [-0.1, -0.05) is 49.9 Å². The van der Waals surface area contributed by atoms with Crippen LogP contribution in [0.5, 0.6) is 0 Å². The van der Waals surface area contributed by atoms with Crippen LogP contribution in [-0.2, 0) is 24.2 Å². The zero-order valence-corrected chi connectivity index (χ0v) is 20.4. The van der Waals surface area contributed by atoms with Crippen molar-refractivity contribution >= 4 is 28.4 Å². The number of nitrogens with two attached hydrogens (primary N) is 1. The van der Waals surface area contributed by atoms with Gasteiger partial charge in [-0.25, -0.2) is 4.98 Å². The second kappa shape index (κ2) is 10.2. The molecule has 2 aromatic carbocycles. The SMILES string of the molecule is C.N#Cc1c2c(c(N3CCC(C(N)=O)CC3)n3c1nc1ccccc13)CN(CCc1ccccc1)CC2. The Bertz CT molecular complexity index is 1480. The van der Waals surface area contributed by atoms with E-state index in [1.807, 2.05) is 18.2 Å². The van der Waals surface area contributed by atoms with E-state index in [9.17, 15) is 10.1 Å². The van der Waals surface area contributed by atoms with Gasteiger partial charge in [0, 0.05) is 44.2 Å². The summed E-state index contributed by atoms with van der Waals surface area (Å²) in [7, 11) is 0. The zero-order chi connectivity index (χ0) is 24.6. The van der Waals surface area contributed by atoms with Crippen LogP contribution in [0.2, 0.25) is 0 Å². The number of fused-ring (bicyclic) bond motifs is 4.